The summed E-state index contributed by atoms with van der Waals surface area (Å²) in [5, 5.41) is 11.4. The highest BCUT2D eigenvalue weighted by atomic mass is 32.2. The van der Waals surface area contributed by atoms with Gasteiger partial charge in [0.1, 0.15) is 5.75 Å². The smallest absolute Gasteiger partial charge is 0.266 e. The van der Waals surface area contributed by atoms with Crippen LogP contribution in [0.2, 0.25) is 0 Å². The summed E-state index contributed by atoms with van der Waals surface area (Å²) in [5.74, 6) is 2.02. The van der Waals surface area contributed by atoms with Crippen LogP contribution in [0, 0.1) is 19.8 Å². The van der Waals surface area contributed by atoms with Crippen LogP contribution in [0.1, 0.15) is 31.9 Å². The molecule has 24 heavy (non-hydrogen) atoms. The molecule has 0 bridgehead atoms. The number of nitrogens with one attached hydrogen (secondary N) is 1. The summed E-state index contributed by atoms with van der Waals surface area (Å²) in [5.41, 5.74) is 2.33. The molecule has 0 saturated heterocycles. The molecule has 0 fully saturated rings. The van der Waals surface area contributed by atoms with Crippen molar-refractivity contribution in [3.05, 3.63) is 29.3 Å². The number of anilines is 1. The first-order valence-electron chi connectivity index (χ1n) is 7.86. The average molecular weight is 366 g/mol. The number of thioether (sulfide) groups is 1. The van der Waals surface area contributed by atoms with Gasteiger partial charge in [0.25, 0.3) is 5.91 Å². The maximum absolute atomic E-state index is 12.2. The van der Waals surface area contributed by atoms with E-state index in [-0.39, 0.29) is 5.91 Å². The molecule has 1 unspecified atom stereocenters. The van der Waals surface area contributed by atoms with Crippen LogP contribution < -0.4 is 10.1 Å². The number of aromatic nitrogens is 2. The van der Waals surface area contributed by atoms with E-state index in [1.165, 1.54) is 16.9 Å². The molecule has 1 amide bonds. The van der Waals surface area contributed by atoms with Crippen molar-refractivity contribution in [2.24, 2.45) is 5.92 Å². The number of hydrogen-bond donors (Lipinski definition) is 1. The maximum atomic E-state index is 12.2. The minimum absolute atomic E-state index is 0.232. The fourth-order valence-electron chi connectivity index (χ4n) is 1.81. The Morgan fingerprint density at radius 2 is 2.00 bits per heavy atom. The number of aryl methyl sites for hydroxylation is 2. The zero-order valence-corrected chi connectivity index (χ0v) is 16.3. The molecule has 0 radical (unpaired) electrons. The summed E-state index contributed by atoms with van der Waals surface area (Å²) in [6.45, 7) is 10.1. The lowest BCUT2D eigenvalue weighted by molar-refractivity contribution is -0.122. The van der Waals surface area contributed by atoms with Crippen LogP contribution in [0.25, 0.3) is 0 Å². The molecule has 0 aliphatic rings. The van der Waals surface area contributed by atoms with Crippen LogP contribution in [0.15, 0.2) is 22.5 Å². The van der Waals surface area contributed by atoms with Crippen LogP contribution in [-0.2, 0) is 4.79 Å². The highest BCUT2D eigenvalue weighted by molar-refractivity contribution is 8.01. The SMILES string of the molecule is Cc1ccc(OC(C)C(=O)Nc2nnc(SCC(C)C)s2)cc1C. The molecule has 2 aromatic rings. The summed E-state index contributed by atoms with van der Waals surface area (Å²) in [6, 6.07) is 5.79. The van der Waals surface area contributed by atoms with E-state index < -0.39 is 6.10 Å². The van der Waals surface area contributed by atoms with E-state index in [0.29, 0.717) is 16.8 Å². The number of ether oxygens (including phenoxy) is 1. The Morgan fingerprint density at radius 1 is 1.25 bits per heavy atom. The lowest BCUT2D eigenvalue weighted by Crippen LogP contribution is -2.30. The zero-order valence-electron chi connectivity index (χ0n) is 14.6. The van der Waals surface area contributed by atoms with Gasteiger partial charge in [0.15, 0.2) is 10.4 Å². The zero-order chi connectivity index (χ0) is 17.7. The minimum Gasteiger partial charge on any atom is -0.481 e. The highest BCUT2D eigenvalue weighted by Crippen LogP contribution is 2.27. The lowest BCUT2D eigenvalue weighted by Gasteiger charge is -2.14. The predicted molar refractivity (Wildman–Crippen MR) is 100 cm³/mol. The van der Waals surface area contributed by atoms with Crippen molar-refractivity contribution in [2.75, 3.05) is 11.1 Å². The Bertz CT molecular complexity index is 701. The molecular formula is C17H23N3O2S2. The fraction of sp³-hybridized carbons (Fsp3) is 0.471. The number of benzene rings is 1. The van der Waals surface area contributed by atoms with E-state index in [4.69, 9.17) is 4.74 Å². The number of nitrogens with zero attached hydrogens (tertiary/aromatic N) is 2. The van der Waals surface area contributed by atoms with Gasteiger partial charge in [-0.2, -0.15) is 0 Å². The van der Waals surface area contributed by atoms with Gasteiger partial charge in [-0.05, 0) is 49.9 Å². The molecule has 1 aromatic heterocycles. The molecule has 0 aliphatic carbocycles. The van der Waals surface area contributed by atoms with Gasteiger partial charge in [0, 0.05) is 5.75 Å². The van der Waals surface area contributed by atoms with E-state index in [1.807, 2.05) is 32.0 Å². The van der Waals surface area contributed by atoms with Gasteiger partial charge >= 0.3 is 0 Å². The van der Waals surface area contributed by atoms with Gasteiger partial charge in [-0.15, -0.1) is 10.2 Å². The Morgan fingerprint density at radius 3 is 2.67 bits per heavy atom. The first kappa shape index (κ1) is 18.7. The molecule has 1 N–H and O–H groups in total. The number of amides is 1. The number of carbonyl (C=O) groups is 1. The van der Waals surface area contributed by atoms with E-state index >= 15 is 0 Å². The molecule has 130 valence electrons. The summed E-state index contributed by atoms with van der Waals surface area (Å²) in [6.07, 6.45) is -0.609. The second-order valence-corrected chi connectivity index (χ2v) is 8.32. The lowest BCUT2D eigenvalue weighted by atomic mass is 10.1. The molecule has 1 aromatic carbocycles. The third-order valence-corrected chi connectivity index (χ3v) is 5.74. The first-order chi connectivity index (χ1) is 11.3. The van der Waals surface area contributed by atoms with Gasteiger partial charge in [-0.25, -0.2) is 0 Å². The van der Waals surface area contributed by atoms with E-state index in [1.54, 1.807) is 18.7 Å². The van der Waals surface area contributed by atoms with Gasteiger partial charge in [0.05, 0.1) is 0 Å². The molecule has 2 rings (SSSR count). The third-order valence-electron chi connectivity index (χ3n) is 3.34. The second kappa shape index (κ2) is 8.48. The third kappa shape index (κ3) is 5.49. The molecule has 1 atom stereocenters. The number of carbonyl (C=O) groups excluding carboxylic acids is 1. The van der Waals surface area contributed by atoms with E-state index in [0.717, 1.165) is 15.7 Å². The van der Waals surface area contributed by atoms with Crippen LogP contribution in [0.5, 0.6) is 5.75 Å². The van der Waals surface area contributed by atoms with Crippen LogP contribution >= 0.6 is 23.1 Å². The Labute approximate surface area is 151 Å². The quantitative estimate of drug-likeness (QED) is 0.585. The van der Waals surface area contributed by atoms with Gasteiger partial charge in [-0.3, -0.25) is 10.1 Å². The molecule has 1 heterocycles. The van der Waals surface area contributed by atoms with Crippen molar-refractivity contribution in [3.8, 4) is 5.75 Å². The summed E-state index contributed by atoms with van der Waals surface area (Å²) < 4.78 is 6.57. The molecule has 5 nitrogen and oxygen atoms in total. The Balaban J connectivity index is 1.90. The fourth-order valence-corrected chi connectivity index (χ4v) is 3.54. The normalized spacial score (nSPS) is 12.2. The van der Waals surface area contributed by atoms with E-state index in [2.05, 4.69) is 29.4 Å². The Hall–Kier alpha value is -1.60. The topological polar surface area (TPSA) is 64.1 Å². The number of hydrogen-bond acceptors (Lipinski definition) is 6. The van der Waals surface area contributed by atoms with Crippen LogP contribution in [0.3, 0.4) is 0 Å². The molecule has 0 aliphatic heterocycles. The summed E-state index contributed by atoms with van der Waals surface area (Å²) >= 11 is 3.04. The maximum Gasteiger partial charge on any atom is 0.266 e. The van der Waals surface area contributed by atoms with Crippen molar-refractivity contribution in [1.82, 2.24) is 10.2 Å². The summed E-state index contributed by atoms with van der Waals surface area (Å²) in [7, 11) is 0. The number of rotatable bonds is 7. The van der Waals surface area contributed by atoms with E-state index in [9.17, 15) is 4.79 Å². The predicted octanol–water partition coefficient (Wildman–Crippen LogP) is 4.31. The Kier molecular flexibility index (Phi) is 6.62. The highest BCUT2D eigenvalue weighted by Gasteiger charge is 2.17. The second-order valence-electron chi connectivity index (χ2n) is 6.07. The van der Waals surface area contributed by atoms with Crippen LogP contribution in [-0.4, -0.2) is 28.0 Å². The standard InChI is InChI=1S/C17H23N3O2S2/c1-10(2)9-23-17-20-19-16(24-17)18-15(21)13(5)22-14-7-6-11(3)12(4)8-14/h6-8,10,13H,9H2,1-5H3,(H,18,19,21). The minimum atomic E-state index is -0.609. The van der Waals surface area contributed by atoms with Crippen LogP contribution in [0.4, 0.5) is 5.13 Å². The first-order valence-corrected chi connectivity index (χ1v) is 9.66. The van der Waals surface area contributed by atoms with Gasteiger partial charge < -0.3 is 4.74 Å². The van der Waals surface area contributed by atoms with Crippen molar-refractivity contribution in [2.45, 2.75) is 45.1 Å². The largest absolute Gasteiger partial charge is 0.481 e. The molecule has 7 heteroatoms. The monoisotopic (exact) mass is 365 g/mol. The molecule has 0 saturated carbocycles. The van der Waals surface area contributed by atoms with Gasteiger partial charge in [-0.1, -0.05) is 43.0 Å². The molecular weight excluding hydrogens is 342 g/mol. The average Bonchev–Trinajstić information content (AvgIpc) is 2.96. The van der Waals surface area contributed by atoms with Crippen molar-refractivity contribution >= 4 is 34.1 Å². The van der Waals surface area contributed by atoms with Crippen molar-refractivity contribution in [1.29, 1.82) is 0 Å². The molecule has 0 spiro atoms. The summed E-state index contributed by atoms with van der Waals surface area (Å²) in [4.78, 5) is 12.2. The van der Waals surface area contributed by atoms with Gasteiger partial charge in [0.2, 0.25) is 5.13 Å². The van der Waals surface area contributed by atoms with Crippen molar-refractivity contribution < 1.29 is 9.53 Å². The van der Waals surface area contributed by atoms with Crippen molar-refractivity contribution in [3.63, 3.8) is 0 Å².